The van der Waals surface area contributed by atoms with E-state index in [-0.39, 0.29) is 11.8 Å². The predicted molar refractivity (Wildman–Crippen MR) is 71.8 cm³/mol. The number of nitrogens with zero attached hydrogens (tertiary/aromatic N) is 1. The molecule has 1 aromatic rings. The van der Waals surface area contributed by atoms with Gasteiger partial charge < -0.3 is 15.7 Å². The van der Waals surface area contributed by atoms with Crippen LogP contribution in [0.3, 0.4) is 0 Å². The van der Waals surface area contributed by atoms with Crippen molar-refractivity contribution < 1.29 is 9.90 Å². The highest BCUT2D eigenvalue weighted by Gasteiger charge is 2.37. The average molecular weight is 269 g/mol. The van der Waals surface area contributed by atoms with Crippen molar-refractivity contribution in [2.24, 2.45) is 5.92 Å². The molecule has 0 amide bonds. The minimum absolute atomic E-state index is 0.0120. The first-order chi connectivity index (χ1) is 8.52. The van der Waals surface area contributed by atoms with E-state index in [1.165, 1.54) is 0 Å². The quantitative estimate of drug-likeness (QED) is 0.824. The molecular formula is C13H17ClN2O2. The third-order valence-corrected chi connectivity index (χ3v) is 3.95. The molecule has 3 N–H and O–H groups in total. The van der Waals surface area contributed by atoms with Crippen LogP contribution in [-0.4, -0.2) is 35.6 Å². The van der Waals surface area contributed by atoms with E-state index in [1.54, 1.807) is 12.1 Å². The van der Waals surface area contributed by atoms with E-state index < -0.39 is 5.97 Å². The first-order valence-electron chi connectivity index (χ1n) is 6.03. The van der Waals surface area contributed by atoms with Crippen molar-refractivity contribution in [1.29, 1.82) is 0 Å². The van der Waals surface area contributed by atoms with E-state index >= 15 is 0 Å². The lowest BCUT2D eigenvalue weighted by Crippen LogP contribution is -2.23. The zero-order valence-electron chi connectivity index (χ0n) is 10.3. The summed E-state index contributed by atoms with van der Waals surface area (Å²) in [5, 5.41) is 9.81. The topological polar surface area (TPSA) is 66.6 Å². The summed E-state index contributed by atoms with van der Waals surface area (Å²) in [6.45, 7) is 4.26. The Morgan fingerprint density at radius 2 is 2.28 bits per heavy atom. The molecule has 2 unspecified atom stereocenters. The number of nitrogen functional groups attached to an aromatic ring is 1. The Bertz CT molecular complexity index is 464. The standard InChI is InChI=1S/C13H17ClN2O2/c1-2-16-6-9(10(7-16)13(17)18)8-3-4-11(14)12(15)5-8/h3-5,9-10H,2,6-7,15H2,1H3,(H,17,18). The van der Waals surface area contributed by atoms with Crippen LogP contribution in [-0.2, 0) is 4.79 Å². The van der Waals surface area contributed by atoms with E-state index in [0.29, 0.717) is 17.3 Å². The van der Waals surface area contributed by atoms with Gasteiger partial charge >= 0.3 is 5.97 Å². The molecule has 0 spiro atoms. The zero-order chi connectivity index (χ0) is 13.3. The van der Waals surface area contributed by atoms with Gasteiger partial charge in [-0.3, -0.25) is 4.79 Å². The Balaban J connectivity index is 2.29. The lowest BCUT2D eigenvalue weighted by atomic mass is 9.89. The Labute approximate surface area is 111 Å². The summed E-state index contributed by atoms with van der Waals surface area (Å²) in [5.41, 5.74) is 7.25. The van der Waals surface area contributed by atoms with Gasteiger partial charge in [0.1, 0.15) is 0 Å². The number of benzene rings is 1. The third kappa shape index (κ3) is 2.44. The average Bonchev–Trinajstić information content (AvgIpc) is 2.77. The molecule has 1 aliphatic heterocycles. The van der Waals surface area contributed by atoms with Crippen molar-refractivity contribution in [2.45, 2.75) is 12.8 Å². The number of hydrogen-bond acceptors (Lipinski definition) is 3. The number of carboxylic acids is 1. The second-order valence-electron chi connectivity index (χ2n) is 4.68. The molecule has 1 aromatic carbocycles. The van der Waals surface area contributed by atoms with Crippen molar-refractivity contribution in [1.82, 2.24) is 4.90 Å². The number of nitrogens with two attached hydrogens (primary N) is 1. The largest absolute Gasteiger partial charge is 0.481 e. The molecule has 0 saturated carbocycles. The lowest BCUT2D eigenvalue weighted by Gasteiger charge is -2.16. The van der Waals surface area contributed by atoms with Gasteiger partial charge in [-0.15, -0.1) is 0 Å². The summed E-state index contributed by atoms with van der Waals surface area (Å²) >= 11 is 5.89. The number of rotatable bonds is 3. The molecule has 5 heteroatoms. The summed E-state index contributed by atoms with van der Waals surface area (Å²) < 4.78 is 0. The molecule has 0 aromatic heterocycles. The number of likely N-dealkylation sites (N-methyl/N-ethyl adjacent to an activating group) is 1. The molecule has 1 aliphatic rings. The molecule has 0 radical (unpaired) electrons. The number of hydrogen-bond donors (Lipinski definition) is 2. The first kappa shape index (κ1) is 13.2. The van der Waals surface area contributed by atoms with E-state index in [2.05, 4.69) is 4.90 Å². The maximum atomic E-state index is 11.3. The van der Waals surface area contributed by atoms with Gasteiger partial charge in [0.2, 0.25) is 0 Å². The van der Waals surface area contributed by atoms with Crippen molar-refractivity contribution >= 4 is 23.3 Å². The van der Waals surface area contributed by atoms with Crippen molar-refractivity contribution in [3.8, 4) is 0 Å². The maximum Gasteiger partial charge on any atom is 0.308 e. The fourth-order valence-electron chi connectivity index (χ4n) is 2.52. The summed E-state index contributed by atoms with van der Waals surface area (Å²) in [5.74, 6) is -1.13. The highest BCUT2D eigenvalue weighted by molar-refractivity contribution is 6.33. The smallest absolute Gasteiger partial charge is 0.308 e. The summed E-state index contributed by atoms with van der Waals surface area (Å²) in [6.07, 6.45) is 0. The van der Waals surface area contributed by atoms with Crippen molar-refractivity contribution in [3.63, 3.8) is 0 Å². The number of carboxylic acid groups (broad SMARTS) is 1. The van der Waals surface area contributed by atoms with Gasteiger partial charge in [0, 0.05) is 19.0 Å². The van der Waals surface area contributed by atoms with E-state index in [1.807, 2.05) is 13.0 Å². The molecule has 4 nitrogen and oxygen atoms in total. The predicted octanol–water partition coefficient (Wildman–Crippen LogP) is 2.04. The molecular weight excluding hydrogens is 252 g/mol. The van der Waals surface area contributed by atoms with Crippen LogP contribution in [0.25, 0.3) is 0 Å². The van der Waals surface area contributed by atoms with E-state index in [9.17, 15) is 9.90 Å². The molecule has 1 saturated heterocycles. The van der Waals surface area contributed by atoms with Gasteiger partial charge in [-0.25, -0.2) is 0 Å². The van der Waals surface area contributed by atoms with Crippen LogP contribution in [0.15, 0.2) is 18.2 Å². The van der Waals surface area contributed by atoms with Gasteiger partial charge in [0.05, 0.1) is 16.6 Å². The van der Waals surface area contributed by atoms with Gasteiger partial charge in [0.25, 0.3) is 0 Å². The van der Waals surface area contributed by atoms with Crippen LogP contribution in [0.4, 0.5) is 5.69 Å². The lowest BCUT2D eigenvalue weighted by molar-refractivity contribution is -0.141. The molecule has 2 rings (SSSR count). The van der Waals surface area contributed by atoms with Crippen LogP contribution in [0.2, 0.25) is 5.02 Å². The summed E-state index contributed by atoms with van der Waals surface area (Å²) in [6, 6.07) is 5.40. The van der Waals surface area contributed by atoms with Crippen LogP contribution in [0.1, 0.15) is 18.4 Å². The van der Waals surface area contributed by atoms with Gasteiger partial charge in [-0.05, 0) is 24.2 Å². The van der Waals surface area contributed by atoms with Crippen molar-refractivity contribution in [3.05, 3.63) is 28.8 Å². The van der Waals surface area contributed by atoms with Crippen LogP contribution < -0.4 is 5.73 Å². The number of likely N-dealkylation sites (tertiary alicyclic amines) is 1. The minimum atomic E-state index is -0.746. The fraction of sp³-hybridized carbons (Fsp3) is 0.462. The Morgan fingerprint density at radius 1 is 1.56 bits per heavy atom. The third-order valence-electron chi connectivity index (χ3n) is 3.61. The summed E-state index contributed by atoms with van der Waals surface area (Å²) in [4.78, 5) is 13.5. The molecule has 2 atom stereocenters. The van der Waals surface area contributed by atoms with Gasteiger partial charge in [-0.2, -0.15) is 0 Å². The molecule has 1 fully saturated rings. The zero-order valence-corrected chi connectivity index (χ0v) is 11.0. The van der Waals surface area contributed by atoms with Crippen LogP contribution in [0, 0.1) is 5.92 Å². The number of aliphatic carboxylic acids is 1. The normalized spacial score (nSPS) is 24.3. The Hall–Kier alpha value is -1.26. The highest BCUT2D eigenvalue weighted by Crippen LogP contribution is 2.34. The fourth-order valence-corrected chi connectivity index (χ4v) is 2.64. The Kier molecular flexibility index (Phi) is 3.78. The summed E-state index contributed by atoms with van der Waals surface area (Å²) in [7, 11) is 0. The number of anilines is 1. The number of halogens is 1. The molecule has 0 bridgehead atoms. The second-order valence-corrected chi connectivity index (χ2v) is 5.09. The van der Waals surface area contributed by atoms with Crippen LogP contribution >= 0.6 is 11.6 Å². The van der Waals surface area contributed by atoms with Gasteiger partial charge in [0.15, 0.2) is 0 Å². The maximum absolute atomic E-state index is 11.3. The molecule has 1 heterocycles. The number of carbonyl (C=O) groups is 1. The molecule has 98 valence electrons. The molecule has 0 aliphatic carbocycles. The second kappa shape index (κ2) is 5.16. The van der Waals surface area contributed by atoms with Crippen molar-refractivity contribution in [2.75, 3.05) is 25.4 Å². The van der Waals surface area contributed by atoms with Gasteiger partial charge in [-0.1, -0.05) is 24.6 Å². The minimum Gasteiger partial charge on any atom is -0.481 e. The molecule has 18 heavy (non-hydrogen) atoms. The van der Waals surface area contributed by atoms with E-state index in [0.717, 1.165) is 18.7 Å². The van der Waals surface area contributed by atoms with E-state index in [4.69, 9.17) is 17.3 Å². The van der Waals surface area contributed by atoms with Crippen LogP contribution in [0.5, 0.6) is 0 Å². The Morgan fingerprint density at radius 3 is 2.83 bits per heavy atom. The first-order valence-corrected chi connectivity index (χ1v) is 6.40. The monoisotopic (exact) mass is 268 g/mol. The highest BCUT2D eigenvalue weighted by atomic mass is 35.5. The SMILES string of the molecule is CCN1CC(C(=O)O)C(c2ccc(Cl)c(N)c2)C1.